The van der Waals surface area contributed by atoms with Gasteiger partial charge in [-0.3, -0.25) is 0 Å². The van der Waals surface area contributed by atoms with Gasteiger partial charge < -0.3 is 10.4 Å². The maximum Gasteiger partial charge on any atom is 0.345 e. The zero-order valence-corrected chi connectivity index (χ0v) is 8.73. The molecule has 1 aromatic carbocycles. The van der Waals surface area contributed by atoms with Crippen LogP contribution in [0.25, 0.3) is 10.1 Å². The molecule has 2 aromatic rings. The minimum Gasteiger partial charge on any atom is -0.477 e. The Morgan fingerprint density at radius 1 is 1.40 bits per heavy atom. The molecule has 2 heterocycles. The maximum atomic E-state index is 10.9. The van der Waals surface area contributed by atoms with Crippen LogP contribution in [0.15, 0.2) is 18.2 Å². The van der Waals surface area contributed by atoms with Crippen molar-refractivity contribution in [1.82, 2.24) is 5.32 Å². The number of nitrogens with one attached hydrogen (secondary N) is 1. The molecular formula is C11H9NO2S. The van der Waals surface area contributed by atoms with Crippen LogP contribution >= 0.6 is 11.3 Å². The summed E-state index contributed by atoms with van der Waals surface area (Å²) in [7, 11) is 0. The van der Waals surface area contributed by atoms with Crippen molar-refractivity contribution in [3.8, 4) is 0 Å². The van der Waals surface area contributed by atoms with E-state index in [1.165, 1.54) is 22.5 Å². The Morgan fingerprint density at radius 3 is 3.07 bits per heavy atom. The third kappa shape index (κ3) is 1.26. The highest BCUT2D eigenvalue weighted by Gasteiger charge is 2.16. The first-order valence-electron chi connectivity index (χ1n) is 4.74. The molecule has 0 saturated carbocycles. The van der Waals surface area contributed by atoms with Crippen LogP contribution in [0.3, 0.4) is 0 Å². The van der Waals surface area contributed by atoms with E-state index < -0.39 is 5.97 Å². The Kier molecular flexibility index (Phi) is 1.81. The second-order valence-corrected chi connectivity index (χ2v) is 4.69. The Bertz CT molecular complexity index is 559. The molecule has 0 aliphatic carbocycles. The number of aromatic carboxylic acids is 1. The van der Waals surface area contributed by atoms with Gasteiger partial charge in [0.25, 0.3) is 0 Å². The standard InChI is InChI=1S/C11H9NO2S/c13-11(14)9-3-6-1-2-7-4-12-5-8(7)10(6)15-9/h1-3,12H,4-5H2,(H,13,14). The molecule has 0 bridgehead atoms. The van der Waals surface area contributed by atoms with Crippen molar-refractivity contribution in [3.63, 3.8) is 0 Å². The fourth-order valence-electron chi connectivity index (χ4n) is 1.99. The quantitative estimate of drug-likeness (QED) is 0.773. The smallest absolute Gasteiger partial charge is 0.345 e. The number of hydrogen-bond acceptors (Lipinski definition) is 3. The zero-order chi connectivity index (χ0) is 10.4. The lowest BCUT2D eigenvalue weighted by Gasteiger charge is -1.97. The SMILES string of the molecule is O=C(O)c1cc2ccc3c(c2s1)CNC3. The van der Waals surface area contributed by atoms with Crippen molar-refractivity contribution in [2.45, 2.75) is 13.1 Å². The molecule has 1 aromatic heterocycles. The molecule has 0 unspecified atom stereocenters. The van der Waals surface area contributed by atoms with Gasteiger partial charge in [-0.1, -0.05) is 12.1 Å². The monoisotopic (exact) mass is 219 g/mol. The number of carboxylic acid groups (broad SMARTS) is 1. The zero-order valence-electron chi connectivity index (χ0n) is 7.91. The summed E-state index contributed by atoms with van der Waals surface area (Å²) in [4.78, 5) is 11.3. The first-order chi connectivity index (χ1) is 7.25. The molecule has 1 aliphatic rings. The molecule has 1 aliphatic heterocycles. The molecule has 0 radical (unpaired) electrons. The van der Waals surface area contributed by atoms with E-state index in [4.69, 9.17) is 5.11 Å². The number of benzene rings is 1. The summed E-state index contributed by atoms with van der Waals surface area (Å²) in [5.74, 6) is -0.837. The number of thiophene rings is 1. The Morgan fingerprint density at radius 2 is 2.27 bits per heavy atom. The van der Waals surface area contributed by atoms with E-state index >= 15 is 0 Å². The van der Waals surface area contributed by atoms with E-state index in [1.807, 2.05) is 6.07 Å². The van der Waals surface area contributed by atoms with E-state index in [9.17, 15) is 4.79 Å². The molecule has 0 saturated heterocycles. The van der Waals surface area contributed by atoms with Gasteiger partial charge in [0.15, 0.2) is 0 Å². The van der Waals surface area contributed by atoms with E-state index in [2.05, 4.69) is 11.4 Å². The van der Waals surface area contributed by atoms with Crippen LogP contribution in [0.2, 0.25) is 0 Å². The van der Waals surface area contributed by atoms with E-state index in [1.54, 1.807) is 6.07 Å². The number of hydrogen-bond donors (Lipinski definition) is 2. The molecule has 3 nitrogen and oxygen atoms in total. The van der Waals surface area contributed by atoms with Crippen LogP contribution in [0, 0.1) is 0 Å². The molecule has 2 N–H and O–H groups in total. The van der Waals surface area contributed by atoms with Gasteiger partial charge in [-0.2, -0.15) is 0 Å². The van der Waals surface area contributed by atoms with Gasteiger partial charge in [0.2, 0.25) is 0 Å². The highest BCUT2D eigenvalue weighted by atomic mass is 32.1. The minimum absolute atomic E-state index is 0.422. The van der Waals surface area contributed by atoms with Crippen molar-refractivity contribution in [2.24, 2.45) is 0 Å². The van der Waals surface area contributed by atoms with E-state index in [-0.39, 0.29) is 0 Å². The third-order valence-electron chi connectivity index (χ3n) is 2.71. The molecule has 0 fully saturated rings. The van der Waals surface area contributed by atoms with Gasteiger partial charge in [-0.15, -0.1) is 11.3 Å². The van der Waals surface area contributed by atoms with Crippen molar-refractivity contribution in [3.05, 3.63) is 34.2 Å². The predicted molar refractivity (Wildman–Crippen MR) is 59.3 cm³/mol. The van der Waals surface area contributed by atoms with E-state index in [0.29, 0.717) is 4.88 Å². The van der Waals surface area contributed by atoms with Crippen LogP contribution in [-0.2, 0) is 13.1 Å². The summed E-state index contributed by atoms with van der Waals surface area (Å²) in [6.07, 6.45) is 0. The number of fused-ring (bicyclic) bond motifs is 3. The topological polar surface area (TPSA) is 49.3 Å². The summed E-state index contributed by atoms with van der Waals surface area (Å²) < 4.78 is 1.12. The molecule has 0 atom stereocenters. The van der Waals surface area contributed by atoms with Gasteiger partial charge >= 0.3 is 5.97 Å². The molecule has 0 spiro atoms. The van der Waals surface area contributed by atoms with Crippen LogP contribution in [-0.4, -0.2) is 11.1 Å². The summed E-state index contributed by atoms with van der Waals surface area (Å²) >= 11 is 1.37. The fourth-order valence-corrected chi connectivity index (χ4v) is 3.05. The van der Waals surface area contributed by atoms with Crippen LogP contribution in [0.5, 0.6) is 0 Å². The van der Waals surface area contributed by atoms with Crippen molar-refractivity contribution >= 4 is 27.4 Å². The largest absolute Gasteiger partial charge is 0.477 e. The molecule has 4 heteroatoms. The summed E-state index contributed by atoms with van der Waals surface area (Å²) in [5, 5.41) is 13.2. The lowest BCUT2D eigenvalue weighted by molar-refractivity contribution is 0.0702. The number of rotatable bonds is 1. The first-order valence-corrected chi connectivity index (χ1v) is 5.55. The third-order valence-corrected chi connectivity index (χ3v) is 3.91. The average molecular weight is 219 g/mol. The molecular weight excluding hydrogens is 210 g/mol. The summed E-state index contributed by atoms with van der Waals surface area (Å²) in [5.41, 5.74) is 2.56. The molecule has 76 valence electrons. The Hall–Kier alpha value is -1.39. The van der Waals surface area contributed by atoms with Gasteiger partial charge in [-0.05, 0) is 22.6 Å². The van der Waals surface area contributed by atoms with Crippen molar-refractivity contribution < 1.29 is 9.90 Å². The number of carboxylic acids is 1. The molecule has 3 rings (SSSR count). The van der Waals surface area contributed by atoms with Gasteiger partial charge in [-0.25, -0.2) is 4.79 Å². The fraction of sp³-hybridized carbons (Fsp3) is 0.182. The van der Waals surface area contributed by atoms with Gasteiger partial charge in [0.1, 0.15) is 4.88 Å². The van der Waals surface area contributed by atoms with Crippen LogP contribution in [0.4, 0.5) is 0 Å². The molecule has 0 amide bonds. The summed E-state index contributed by atoms with van der Waals surface area (Å²) in [6, 6.07) is 5.83. The van der Waals surface area contributed by atoms with Crippen molar-refractivity contribution in [1.29, 1.82) is 0 Å². The van der Waals surface area contributed by atoms with Crippen LogP contribution < -0.4 is 5.32 Å². The number of carbonyl (C=O) groups is 1. The highest BCUT2D eigenvalue weighted by Crippen LogP contribution is 2.32. The van der Waals surface area contributed by atoms with Gasteiger partial charge in [0.05, 0.1) is 0 Å². The summed E-state index contributed by atoms with van der Waals surface area (Å²) in [6.45, 7) is 1.75. The van der Waals surface area contributed by atoms with E-state index in [0.717, 1.165) is 23.2 Å². The van der Waals surface area contributed by atoms with Crippen LogP contribution in [0.1, 0.15) is 20.8 Å². The van der Waals surface area contributed by atoms with Crippen molar-refractivity contribution in [2.75, 3.05) is 0 Å². The lowest BCUT2D eigenvalue weighted by atomic mass is 10.1. The highest BCUT2D eigenvalue weighted by molar-refractivity contribution is 7.21. The Balaban J connectivity index is 2.31. The maximum absolute atomic E-state index is 10.9. The average Bonchev–Trinajstić information content (AvgIpc) is 2.82. The predicted octanol–water partition coefficient (Wildman–Crippen LogP) is 2.20. The second kappa shape index (κ2) is 3.05. The molecule has 15 heavy (non-hydrogen) atoms. The second-order valence-electron chi connectivity index (χ2n) is 3.64. The van der Waals surface area contributed by atoms with Gasteiger partial charge in [0, 0.05) is 17.8 Å². The minimum atomic E-state index is -0.837. The Labute approximate surface area is 90.3 Å². The first kappa shape index (κ1) is 8.88. The lowest BCUT2D eigenvalue weighted by Crippen LogP contribution is -1.99. The normalized spacial score (nSPS) is 14.4.